The van der Waals surface area contributed by atoms with Crippen LogP contribution in [-0.4, -0.2) is 30.0 Å². The minimum Gasteiger partial charge on any atom is -0.479 e. The maximum atomic E-state index is 5.51. The van der Waals surface area contributed by atoms with Crippen molar-refractivity contribution in [3.63, 3.8) is 0 Å². The van der Waals surface area contributed by atoms with Crippen LogP contribution in [0.3, 0.4) is 0 Å². The summed E-state index contributed by atoms with van der Waals surface area (Å²) in [4.78, 5) is 0. The summed E-state index contributed by atoms with van der Waals surface area (Å²) in [7, 11) is 0. The average Bonchev–Trinajstić information content (AvgIpc) is 2.71. The van der Waals surface area contributed by atoms with Crippen molar-refractivity contribution in [2.24, 2.45) is 11.3 Å². The van der Waals surface area contributed by atoms with Crippen LogP contribution in [0, 0.1) is 11.3 Å². The fraction of sp³-hybridized carbons (Fsp3) is 0.923. The lowest BCUT2D eigenvalue weighted by Gasteiger charge is -2.38. The van der Waals surface area contributed by atoms with Crippen molar-refractivity contribution in [1.82, 2.24) is 0 Å². The maximum absolute atomic E-state index is 5.51. The minimum absolute atomic E-state index is 0.563. The molecule has 1 spiro atoms. The SMILES string of the molecule is CCOC(=S)SCC1CCCC12CCOCC2. The largest absolute Gasteiger partial charge is 0.479 e. The molecule has 0 radical (unpaired) electrons. The summed E-state index contributed by atoms with van der Waals surface area (Å²) in [6.07, 6.45) is 6.64. The van der Waals surface area contributed by atoms with Gasteiger partial charge >= 0.3 is 0 Å². The molecule has 1 aliphatic heterocycles. The normalized spacial score (nSPS) is 27.2. The molecule has 4 heteroatoms. The molecule has 0 aromatic carbocycles. The van der Waals surface area contributed by atoms with Crippen molar-refractivity contribution in [2.45, 2.75) is 39.0 Å². The molecule has 0 bridgehead atoms. The standard InChI is InChI=1S/C13H22O2S2/c1-2-15-12(16)17-10-11-4-3-5-13(11)6-8-14-9-7-13/h11H,2-10H2,1H3. The first kappa shape index (κ1) is 13.6. The van der Waals surface area contributed by atoms with Gasteiger partial charge < -0.3 is 9.47 Å². The van der Waals surface area contributed by atoms with E-state index in [1.165, 1.54) is 32.1 Å². The number of hydrogen-bond donors (Lipinski definition) is 0. The molecule has 0 aromatic rings. The summed E-state index contributed by atoms with van der Waals surface area (Å²) in [5.41, 5.74) is 0.563. The van der Waals surface area contributed by atoms with Crippen LogP contribution in [-0.2, 0) is 9.47 Å². The van der Waals surface area contributed by atoms with Crippen molar-refractivity contribution in [3.05, 3.63) is 0 Å². The van der Waals surface area contributed by atoms with E-state index in [1.54, 1.807) is 11.8 Å². The Kier molecular flexibility index (Phi) is 5.12. The minimum atomic E-state index is 0.563. The van der Waals surface area contributed by atoms with E-state index in [0.717, 1.165) is 29.3 Å². The van der Waals surface area contributed by atoms with E-state index in [-0.39, 0.29) is 0 Å². The molecule has 0 aromatic heterocycles. The Morgan fingerprint density at radius 1 is 1.41 bits per heavy atom. The van der Waals surface area contributed by atoms with Crippen LogP contribution in [0.4, 0.5) is 0 Å². The van der Waals surface area contributed by atoms with Gasteiger partial charge in [0.1, 0.15) is 0 Å². The zero-order chi connectivity index (χ0) is 12.1. The van der Waals surface area contributed by atoms with Crippen LogP contribution in [0.1, 0.15) is 39.0 Å². The summed E-state index contributed by atoms with van der Waals surface area (Å²) in [5, 5.41) is 0. The summed E-state index contributed by atoms with van der Waals surface area (Å²) < 4.78 is 11.6. The quantitative estimate of drug-likeness (QED) is 0.731. The zero-order valence-electron chi connectivity index (χ0n) is 10.6. The molecule has 98 valence electrons. The lowest BCUT2D eigenvalue weighted by atomic mass is 9.73. The molecule has 1 saturated carbocycles. The first-order valence-corrected chi connectivity index (χ1v) is 8.03. The predicted molar refractivity (Wildman–Crippen MR) is 76.5 cm³/mol. The van der Waals surface area contributed by atoms with E-state index in [9.17, 15) is 0 Å². The fourth-order valence-corrected chi connectivity index (χ4v) is 4.62. The van der Waals surface area contributed by atoms with E-state index >= 15 is 0 Å². The van der Waals surface area contributed by atoms with Crippen LogP contribution >= 0.6 is 24.0 Å². The molecule has 2 nitrogen and oxygen atoms in total. The van der Waals surface area contributed by atoms with Crippen molar-refractivity contribution in [1.29, 1.82) is 0 Å². The van der Waals surface area contributed by atoms with Gasteiger partial charge in [0, 0.05) is 19.0 Å². The Morgan fingerprint density at radius 2 is 2.18 bits per heavy atom. The molecule has 1 atom stereocenters. The van der Waals surface area contributed by atoms with Gasteiger partial charge in [0.2, 0.25) is 4.38 Å². The Labute approximate surface area is 114 Å². The van der Waals surface area contributed by atoms with E-state index in [4.69, 9.17) is 21.7 Å². The Hall–Kier alpha value is 0.200. The van der Waals surface area contributed by atoms with Crippen molar-refractivity contribution in [2.75, 3.05) is 25.6 Å². The number of thiocarbonyl (C=S) groups is 1. The predicted octanol–water partition coefficient (Wildman–Crippen LogP) is 3.64. The third kappa shape index (κ3) is 3.36. The molecule has 2 rings (SSSR count). The average molecular weight is 274 g/mol. The van der Waals surface area contributed by atoms with E-state index in [1.807, 2.05) is 6.92 Å². The molecule has 1 heterocycles. The van der Waals surface area contributed by atoms with Gasteiger partial charge in [-0.15, -0.1) is 0 Å². The first-order valence-electron chi connectivity index (χ1n) is 6.64. The van der Waals surface area contributed by atoms with Gasteiger partial charge in [-0.25, -0.2) is 0 Å². The third-order valence-corrected chi connectivity index (χ3v) is 5.64. The molecular formula is C13H22O2S2. The molecule has 0 N–H and O–H groups in total. The van der Waals surface area contributed by atoms with Crippen LogP contribution in [0.2, 0.25) is 0 Å². The topological polar surface area (TPSA) is 18.5 Å². The van der Waals surface area contributed by atoms with Crippen molar-refractivity contribution >= 4 is 28.4 Å². The molecule has 1 saturated heterocycles. The molecule has 0 amide bonds. The van der Waals surface area contributed by atoms with Gasteiger partial charge in [-0.2, -0.15) is 0 Å². The first-order chi connectivity index (χ1) is 8.27. The number of thioether (sulfide) groups is 1. The highest BCUT2D eigenvalue weighted by Gasteiger charge is 2.43. The molecule has 2 fully saturated rings. The highest BCUT2D eigenvalue weighted by atomic mass is 32.2. The van der Waals surface area contributed by atoms with Crippen LogP contribution in [0.15, 0.2) is 0 Å². The Morgan fingerprint density at radius 3 is 2.88 bits per heavy atom. The monoisotopic (exact) mass is 274 g/mol. The smallest absolute Gasteiger partial charge is 0.219 e. The second kappa shape index (κ2) is 6.39. The van der Waals surface area contributed by atoms with Gasteiger partial charge in [0.05, 0.1) is 6.61 Å². The highest BCUT2D eigenvalue weighted by molar-refractivity contribution is 8.22. The highest BCUT2D eigenvalue weighted by Crippen LogP contribution is 2.51. The molecule has 2 aliphatic rings. The van der Waals surface area contributed by atoms with Crippen LogP contribution < -0.4 is 0 Å². The molecule has 1 aliphatic carbocycles. The van der Waals surface area contributed by atoms with Gasteiger partial charge in [0.25, 0.3) is 0 Å². The molecular weight excluding hydrogens is 252 g/mol. The summed E-state index contributed by atoms with van der Waals surface area (Å²) in [6, 6.07) is 0. The van der Waals surface area contributed by atoms with Gasteiger partial charge in [-0.05, 0) is 56.2 Å². The second-order valence-corrected chi connectivity index (χ2v) is 6.68. The van der Waals surface area contributed by atoms with Gasteiger partial charge in [0.15, 0.2) is 0 Å². The summed E-state index contributed by atoms with van der Waals surface area (Å²) in [5.74, 6) is 1.95. The summed E-state index contributed by atoms with van der Waals surface area (Å²) >= 11 is 6.93. The maximum Gasteiger partial charge on any atom is 0.219 e. The van der Waals surface area contributed by atoms with Crippen LogP contribution in [0.25, 0.3) is 0 Å². The van der Waals surface area contributed by atoms with Gasteiger partial charge in [-0.3, -0.25) is 0 Å². The number of ether oxygens (including phenoxy) is 2. The Bertz CT molecular complexity index is 262. The summed E-state index contributed by atoms with van der Waals surface area (Å²) in [6.45, 7) is 4.59. The van der Waals surface area contributed by atoms with E-state index in [2.05, 4.69) is 0 Å². The van der Waals surface area contributed by atoms with E-state index < -0.39 is 0 Å². The Balaban J connectivity index is 1.84. The van der Waals surface area contributed by atoms with Crippen molar-refractivity contribution in [3.8, 4) is 0 Å². The lowest BCUT2D eigenvalue weighted by Crippen LogP contribution is -2.34. The number of rotatable bonds is 3. The zero-order valence-corrected chi connectivity index (χ0v) is 12.2. The van der Waals surface area contributed by atoms with E-state index in [0.29, 0.717) is 12.0 Å². The third-order valence-electron chi connectivity index (χ3n) is 4.25. The second-order valence-electron chi connectivity index (χ2n) is 5.06. The van der Waals surface area contributed by atoms with Crippen LogP contribution in [0.5, 0.6) is 0 Å². The number of hydrogen-bond acceptors (Lipinski definition) is 4. The van der Waals surface area contributed by atoms with Crippen molar-refractivity contribution < 1.29 is 9.47 Å². The lowest BCUT2D eigenvalue weighted by molar-refractivity contribution is -0.000927. The molecule has 17 heavy (non-hydrogen) atoms. The fourth-order valence-electron chi connectivity index (χ4n) is 3.24. The van der Waals surface area contributed by atoms with Gasteiger partial charge in [-0.1, -0.05) is 18.2 Å². The molecule has 1 unspecified atom stereocenters.